The van der Waals surface area contributed by atoms with Gasteiger partial charge in [0.25, 0.3) is 10.1 Å². The summed E-state index contributed by atoms with van der Waals surface area (Å²) in [6, 6.07) is 0. The first-order valence-corrected chi connectivity index (χ1v) is 11.8. The topological polar surface area (TPSA) is 83.8 Å². The Kier molecular flexibility index (Phi) is 17.1. The molecule has 1 unspecified atom stereocenters. The van der Waals surface area contributed by atoms with Gasteiger partial charge in [0, 0.05) is 6.61 Å². The lowest BCUT2D eigenvalue weighted by atomic mass is 10.0. The van der Waals surface area contributed by atoms with Crippen LogP contribution in [0.2, 0.25) is 0 Å². The Morgan fingerprint density at radius 1 is 0.760 bits per heavy atom. The zero-order valence-electron chi connectivity index (χ0n) is 16.1. The van der Waals surface area contributed by atoms with Gasteiger partial charge in [-0.15, -0.1) is 0 Å². The summed E-state index contributed by atoms with van der Waals surface area (Å²) in [6.07, 6.45) is 17.1. The van der Waals surface area contributed by atoms with Gasteiger partial charge in [-0.05, 0) is 6.42 Å². The van der Waals surface area contributed by atoms with Crippen molar-refractivity contribution in [3.63, 3.8) is 0 Å². The molecule has 0 amide bonds. The molecule has 0 heterocycles. The van der Waals surface area contributed by atoms with Gasteiger partial charge in [0.1, 0.15) is 5.75 Å². The van der Waals surface area contributed by atoms with Crippen LogP contribution < -0.4 is 0 Å². The molecule has 0 aromatic carbocycles. The van der Waals surface area contributed by atoms with Crippen LogP contribution in [0.15, 0.2) is 0 Å². The van der Waals surface area contributed by atoms with E-state index in [9.17, 15) is 8.42 Å². The predicted molar refractivity (Wildman–Crippen MR) is 104 cm³/mol. The molecule has 0 saturated heterocycles. The van der Waals surface area contributed by atoms with E-state index in [1.165, 1.54) is 77.0 Å². The minimum Gasteiger partial charge on any atom is -0.394 e. The zero-order valence-corrected chi connectivity index (χ0v) is 16.9. The van der Waals surface area contributed by atoms with Crippen LogP contribution in [-0.2, 0) is 14.9 Å². The van der Waals surface area contributed by atoms with E-state index in [1.54, 1.807) is 0 Å². The first-order chi connectivity index (χ1) is 12.0. The van der Waals surface area contributed by atoms with Crippen LogP contribution in [0.5, 0.6) is 0 Å². The Morgan fingerprint density at radius 2 is 1.16 bits per heavy atom. The molecular formula is C19H40O5S. The van der Waals surface area contributed by atoms with Gasteiger partial charge in [-0.2, -0.15) is 8.42 Å². The van der Waals surface area contributed by atoms with Gasteiger partial charge in [0.15, 0.2) is 0 Å². The second-order valence-electron chi connectivity index (χ2n) is 7.02. The van der Waals surface area contributed by atoms with Gasteiger partial charge in [0.2, 0.25) is 0 Å². The highest BCUT2D eigenvalue weighted by Crippen LogP contribution is 2.13. The third-order valence-electron chi connectivity index (χ3n) is 4.45. The van der Waals surface area contributed by atoms with Crippen molar-refractivity contribution >= 4 is 10.1 Å². The molecule has 0 bridgehead atoms. The first-order valence-electron chi connectivity index (χ1n) is 10.2. The molecule has 0 radical (unpaired) electrons. The summed E-state index contributed by atoms with van der Waals surface area (Å²) in [7, 11) is -4.09. The molecule has 0 aliphatic rings. The fourth-order valence-electron chi connectivity index (χ4n) is 2.94. The summed E-state index contributed by atoms with van der Waals surface area (Å²) in [4.78, 5) is 0. The molecule has 2 N–H and O–H groups in total. The second kappa shape index (κ2) is 17.3. The smallest absolute Gasteiger partial charge is 0.267 e. The number of aliphatic hydroxyl groups excluding tert-OH is 1. The van der Waals surface area contributed by atoms with E-state index in [0.717, 1.165) is 12.8 Å². The van der Waals surface area contributed by atoms with Gasteiger partial charge in [-0.25, -0.2) is 0 Å². The summed E-state index contributed by atoms with van der Waals surface area (Å²) < 4.78 is 35.5. The largest absolute Gasteiger partial charge is 0.394 e. The van der Waals surface area contributed by atoms with Crippen LogP contribution in [0.3, 0.4) is 0 Å². The van der Waals surface area contributed by atoms with Crippen LogP contribution in [0.1, 0.15) is 96.8 Å². The SMILES string of the molecule is CCCCCCCCCCCCCCCCOC(CO)CS(=O)(=O)O. The maximum absolute atomic E-state index is 10.7. The third kappa shape index (κ3) is 20.0. The Bertz CT molecular complexity index is 370. The summed E-state index contributed by atoms with van der Waals surface area (Å²) in [5.41, 5.74) is 0. The fourth-order valence-corrected chi connectivity index (χ4v) is 3.61. The molecule has 1 atom stereocenters. The van der Waals surface area contributed by atoms with Crippen molar-refractivity contribution in [2.75, 3.05) is 19.0 Å². The lowest BCUT2D eigenvalue weighted by molar-refractivity contribution is 0.0242. The van der Waals surface area contributed by atoms with E-state index in [-0.39, 0.29) is 0 Å². The molecule has 5 nitrogen and oxygen atoms in total. The molecule has 25 heavy (non-hydrogen) atoms. The molecule has 0 rings (SSSR count). The molecule has 0 aromatic heterocycles. The van der Waals surface area contributed by atoms with Gasteiger partial charge >= 0.3 is 0 Å². The Balaban J connectivity index is 3.26. The van der Waals surface area contributed by atoms with Gasteiger partial charge in [-0.1, -0.05) is 90.4 Å². The van der Waals surface area contributed by atoms with Crippen molar-refractivity contribution in [3.8, 4) is 0 Å². The lowest BCUT2D eigenvalue weighted by Gasteiger charge is -2.13. The van der Waals surface area contributed by atoms with Gasteiger partial charge < -0.3 is 9.84 Å². The average molecular weight is 381 g/mol. The molecule has 0 fully saturated rings. The van der Waals surface area contributed by atoms with Crippen LogP contribution in [-0.4, -0.2) is 43.1 Å². The number of ether oxygens (including phenoxy) is 1. The number of unbranched alkanes of at least 4 members (excludes halogenated alkanes) is 13. The molecule has 0 aromatic rings. The highest BCUT2D eigenvalue weighted by molar-refractivity contribution is 7.85. The van der Waals surface area contributed by atoms with Crippen molar-refractivity contribution in [1.82, 2.24) is 0 Å². The predicted octanol–water partition coefficient (Wildman–Crippen LogP) is 4.73. The number of rotatable bonds is 19. The number of hydrogen-bond acceptors (Lipinski definition) is 4. The standard InChI is InChI=1S/C19H40O5S/c1-2-3-4-5-6-7-8-9-10-11-12-13-14-15-16-24-19(17-20)18-25(21,22)23/h19-20H,2-18H2,1H3,(H,21,22,23). The monoisotopic (exact) mass is 380 g/mol. The van der Waals surface area contributed by atoms with Crippen molar-refractivity contribution in [3.05, 3.63) is 0 Å². The molecule has 0 aliphatic heterocycles. The first kappa shape index (κ1) is 24.8. The minimum absolute atomic E-state index is 0.390. The van der Waals surface area contributed by atoms with E-state index in [2.05, 4.69) is 6.92 Å². The maximum Gasteiger partial charge on any atom is 0.267 e. The Hall–Kier alpha value is -0.170. The van der Waals surface area contributed by atoms with Gasteiger partial charge in [0.05, 0.1) is 12.7 Å². The quantitative estimate of drug-likeness (QED) is 0.250. The summed E-state index contributed by atoms with van der Waals surface area (Å²) in [5.74, 6) is -0.540. The molecular weight excluding hydrogens is 340 g/mol. The van der Waals surface area contributed by atoms with E-state index in [4.69, 9.17) is 14.4 Å². The third-order valence-corrected chi connectivity index (χ3v) is 5.24. The number of aliphatic hydroxyl groups is 1. The minimum atomic E-state index is -4.09. The normalized spacial score (nSPS) is 13.2. The fraction of sp³-hybridized carbons (Fsp3) is 1.00. The van der Waals surface area contributed by atoms with Crippen molar-refractivity contribution < 1.29 is 22.8 Å². The van der Waals surface area contributed by atoms with Crippen LogP contribution >= 0.6 is 0 Å². The number of hydrogen-bond donors (Lipinski definition) is 2. The second-order valence-corrected chi connectivity index (χ2v) is 8.52. The Labute approximate surface area is 155 Å². The summed E-state index contributed by atoms with van der Waals surface area (Å²) >= 11 is 0. The summed E-state index contributed by atoms with van der Waals surface area (Å²) in [5, 5.41) is 9.00. The Morgan fingerprint density at radius 3 is 1.52 bits per heavy atom. The molecule has 152 valence electrons. The van der Waals surface area contributed by atoms with Gasteiger partial charge in [-0.3, -0.25) is 4.55 Å². The highest BCUT2D eigenvalue weighted by atomic mass is 32.2. The molecule has 0 aliphatic carbocycles. The molecule has 0 saturated carbocycles. The van der Waals surface area contributed by atoms with Crippen molar-refractivity contribution in [2.24, 2.45) is 0 Å². The van der Waals surface area contributed by atoms with Crippen LogP contribution in [0, 0.1) is 0 Å². The maximum atomic E-state index is 10.7. The van der Waals surface area contributed by atoms with Crippen molar-refractivity contribution in [2.45, 2.75) is 103 Å². The molecule has 0 spiro atoms. The van der Waals surface area contributed by atoms with E-state index >= 15 is 0 Å². The van der Waals surface area contributed by atoms with E-state index < -0.39 is 28.6 Å². The van der Waals surface area contributed by atoms with Crippen LogP contribution in [0.4, 0.5) is 0 Å². The lowest BCUT2D eigenvalue weighted by Crippen LogP contribution is -2.27. The zero-order chi connectivity index (χ0) is 18.8. The van der Waals surface area contributed by atoms with Crippen LogP contribution in [0.25, 0.3) is 0 Å². The average Bonchev–Trinajstić information content (AvgIpc) is 2.56. The molecule has 6 heteroatoms. The highest BCUT2D eigenvalue weighted by Gasteiger charge is 2.16. The van der Waals surface area contributed by atoms with E-state index in [0.29, 0.717) is 6.61 Å². The van der Waals surface area contributed by atoms with E-state index in [1.807, 2.05) is 0 Å². The summed E-state index contributed by atoms with van der Waals surface area (Å²) in [6.45, 7) is 2.29. The van der Waals surface area contributed by atoms with Crippen molar-refractivity contribution in [1.29, 1.82) is 0 Å².